The summed E-state index contributed by atoms with van der Waals surface area (Å²) in [5.74, 6) is 0.221. The number of anilines is 1. The fourth-order valence-corrected chi connectivity index (χ4v) is 1.46. The molecule has 0 saturated heterocycles. The number of nitrogen functional groups attached to an aromatic ring is 1. The Labute approximate surface area is 76.0 Å². The van der Waals surface area contributed by atoms with Crippen LogP contribution in [0.4, 0.5) is 5.69 Å². The van der Waals surface area contributed by atoms with Gasteiger partial charge in [-0.05, 0) is 18.2 Å². The Morgan fingerprint density at radius 1 is 1.31 bits per heavy atom. The second-order valence-corrected chi connectivity index (χ2v) is 3.08. The van der Waals surface area contributed by atoms with Crippen LogP contribution in [0.5, 0.6) is 0 Å². The number of rotatable bonds is 0. The van der Waals surface area contributed by atoms with Gasteiger partial charge >= 0.3 is 0 Å². The second kappa shape index (κ2) is 2.62. The number of benzene rings is 1. The van der Waals surface area contributed by atoms with Gasteiger partial charge in [0.25, 0.3) is 0 Å². The van der Waals surface area contributed by atoms with E-state index in [9.17, 15) is 5.11 Å². The molecule has 0 aromatic heterocycles. The van der Waals surface area contributed by atoms with Crippen molar-refractivity contribution in [3.63, 3.8) is 0 Å². The molecule has 1 aromatic rings. The first-order valence-corrected chi connectivity index (χ1v) is 4.05. The summed E-state index contributed by atoms with van der Waals surface area (Å²) in [6, 6.07) is 5.21. The Morgan fingerprint density at radius 3 is 2.85 bits per heavy atom. The standard InChI is InChI=1S/C10H10N2O/c11-6-1-2-7-8(5-6)10(13)4-3-9(7)12/h1-2,4-5,12-13H,3,11H2. The summed E-state index contributed by atoms with van der Waals surface area (Å²) in [6.07, 6.45) is 2.12. The van der Waals surface area contributed by atoms with Gasteiger partial charge in [0.2, 0.25) is 0 Å². The lowest BCUT2D eigenvalue weighted by Gasteiger charge is -2.14. The molecular weight excluding hydrogens is 164 g/mol. The number of nitrogens with one attached hydrogen (secondary N) is 1. The Balaban J connectivity index is 2.66. The average molecular weight is 174 g/mol. The molecule has 0 fully saturated rings. The van der Waals surface area contributed by atoms with Crippen LogP contribution in [0.25, 0.3) is 5.76 Å². The molecule has 2 rings (SSSR count). The van der Waals surface area contributed by atoms with Crippen molar-refractivity contribution in [1.29, 1.82) is 5.41 Å². The maximum atomic E-state index is 9.51. The predicted octanol–water partition coefficient (Wildman–Crippen LogP) is 1.94. The Bertz CT molecular complexity index is 407. The van der Waals surface area contributed by atoms with Crippen molar-refractivity contribution in [2.45, 2.75) is 6.42 Å². The number of allylic oxidation sites excluding steroid dienone is 1. The van der Waals surface area contributed by atoms with Crippen molar-refractivity contribution in [3.05, 3.63) is 35.4 Å². The topological polar surface area (TPSA) is 70.1 Å². The number of fused-ring (bicyclic) bond motifs is 1. The summed E-state index contributed by atoms with van der Waals surface area (Å²) in [4.78, 5) is 0. The van der Waals surface area contributed by atoms with Crippen LogP contribution in [0.2, 0.25) is 0 Å². The molecule has 0 saturated carbocycles. The second-order valence-electron chi connectivity index (χ2n) is 3.08. The van der Waals surface area contributed by atoms with Crippen LogP contribution in [-0.4, -0.2) is 10.8 Å². The van der Waals surface area contributed by atoms with Crippen molar-refractivity contribution in [2.75, 3.05) is 5.73 Å². The molecule has 0 amide bonds. The third kappa shape index (κ3) is 1.18. The van der Waals surface area contributed by atoms with Gasteiger partial charge in [-0.2, -0.15) is 0 Å². The van der Waals surface area contributed by atoms with Crippen molar-refractivity contribution in [1.82, 2.24) is 0 Å². The zero-order valence-electron chi connectivity index (χ0n) is 7.04. The first kappa shape index (κ1) is 7.86. The van der Waals surface area contributed by atoms with E-state index in [0.717, 1.165) is 5.56 Å². The minimum Gasteiger partial charge on any atom is -0.508 e. The first-order chi connectivity index (χ1) is 6.18. The van der Waals surface area contributed by atoms with Gasteiger partial charge in [-0.1, -0.05) is 6.07 Å². The van der Waals surface area contributed by atoms with Gasteiger partial charge in [-0.25, -0.2) is 0 Å². The van der Waals surface area contributed by atoms with E-state index in [2.05, 4.69) is 0 Å². The van der Waals surface area contributed by atoms with E-state index in [0.29, 0.717) is 23.4 Å². The molecule has 0 atom stereocenters. The Morgan fingerprint density at radius 2 is 2.08 bits per heavy atom. The zero-order valence-corrected chi connectivity index (χ0v) is 7.04. The van der Waals surface area contributed by atoms with Crippen LogP contribution in [0.15, 0.2) is 24.3 Å². The summed E-state index contributed by atoms with van der Waals surface area (Å²) in [5, 5.41) is 17.1. The molecule has 0 aliphatic heterocycles. The lowest BCUT2D eigenvalue weighted by Crippen LogP contribution is -2.08. The van der Waals surface area contributed by atoms with Crippen LogP contribution < -0.4 is 5.73 Å². The largest absolute Gasteiger partial charge is 0.508 e. The van der Waals surface area contributed by atoms with Crippen LogP contribution >= 0.6 is 0 Å². The molecule has 13 heavy (non-hydrogen) atoms. The number of nitrogens with two attached hydrogens (primary N) is 1. The number of aliphatic hydroxyl groups excluding tert-OH is 1. The van der Waals surface area contributed by atoms with Gasteiger partial charge in [-0.3, -0.25) is 0 Å². The van der Waals surface area contributed by atoms with Gasteiger partial charge < -0.3 is 16.2 Å². The lowest BCUT2D eigenvalue weighted by atomic mass is 9.94. The van der Waals surface area contributed by atoms with Gasteiger partial charge in [0.1, 0.15) is 5.76 Å². The van der Waals surface area contributed by atoms with E-state index in [1.807, 2.05) is 0 Å². The lowest BCUT2D eigenvalue weighted by molar-refractivity contribution is 0.509. The molecule has 1 aliphatic carbocycles. The van der Waals surface area contributed by atoms with E-state index in [-0.39, 0.29) is 5.76 Å². The van der Waals surface area contributed by atoms with Gasteiger partial charge in [0.15, 0.2) is 0 Å². The summed E-state index contributed by atoms with van der Waals surface area (Å²) >= 11 is 0. The average Bonchev–Trinajstić information content (AvgIpc) is 2.12. The normalized spacial score (nSPS) is 15.1. The fourth-order valence-electron chi connectivity index (χ4n) is 1.46. The molecule has 3 nitrogen and oxygen atoms in total. The minimum absolute atomic E-state index is 0.221. The van der Waals surface area contributed by atoms with E-state index >= 15 is 0 Å². The van der Waals surface area contributed by atoms with Gasteiger partial charge in [-0.15, -0.1) is 0 Å². The monoisotopic (exact) mass is 174 g/mol. The molecule has 66 valence electrons. The Kier molecular flexibility index (Phi) is 1.59. The molecule has 1 aromatic carbocycles. The quantitative estimate of drug-likeness (QED) is 0.526. The molecule has 0 radical (unpaired) electrons. The van der Waals surface area contributed by atoms with E-state index in [1.54, 1.807) is 24.3 Å². The number of aliphatic hydroxyl groups is 1. The van der Waals surface area contributed by atoms with Crippen molar-refractivity contribution in [2.24, 2.45) is 0 Å². The van der Waals surface area contributed by atoms with E-state index in [4.69, 9.17) is 11.1 Å². The maximum absolute atomic E-state index is 9.51. The third-order valence-corrected chi connectivity index (χ3v) is 2.14. The van der Waals surface area contributed by atoms with Gasteiger partial charge in [0, 0.05) is 28.9 Å². The molecule has 3 heteroatoms. The summed E-state index contributed by atoms with van der Waals surface area (Å²) in [7, 11) is 0. The highest BCUT2D eigenvalue weighted by Gasteiger charge is 2.15. The van der Waals surface area contributed by atoms with Gasteiger partial charge in [0.05, 0.1) is 0 Å². The van der Waals surface area contributed by atoms with Crippen LogP contribution in [0, 0.1) is 5.41 Å². The van der Waals surface area contributed by atoms with Crippen molar-refractivity contribution in [3.8, 4) is 0 Å². The Hall–Kier alpha value is -1.77. The number of hydrogen-bond acceptors (Lipinski definition) is 3. The molecule has 0 heterocycles. The highest BCUT2D eigenvalue weighted by atomic mass is 16.3. The highest BCUT2D eigenvalue weighted by Crippen LogP contribution is 2.25. The molecule has 4 N–H and O–H groups in total. The fraction of sp³-hybridized carbons (Fsp3) is 0.100. The molecule has 1 aliphatic rings. The molecule has 0 unspecified atom stereocenters. The zero-order chi connectivity index (χ0) is 9.42. The van der Waals surface area contributed by atoms with Crippen molar-refractivity contribution >= 4 is 17.2 Å². The number of hydrogen-bond donors (Lipinski definition) is 3. The van der Waals surface area contributed by atoms with Crippen LogP contribution in [-0.2, 0) is 0 Å². The molecular formula is C10H10N2O. The van der Waals surface area contributed by atoms with E-state index in [1.165, 1.54) is 0 Å². The summed E-state index contributed by atoms with van der Waals surface area (Å²) in [6.45, 7) is 0. The third-order valence-electron chi connectivity index (χ3n) is 2.14. The molecule has 0 spiro atoms. The first-order valence-electron chi connectivity index (χ1n) is 4.05. The minimum atomic E-state index is 0.221. The van der Waals surface area contributed by atoms with Crippen molar-refractivity contribution < 1.29 is 5.11 Å². The predicted molar refractivity (Wildman–Crippen MR) is 52.9 cm³/mol. The molecule has 0 bridgehead atoms. The van der Waals surface area contributed by atoms with Crippen LogP contribution in [0.1, 0.15) is 17.5 Å². The van der Waals surface area contributed by atoms with Crippen LogP contribution in [0.3, 0.4) is 0 Å². The van der Waals surface area contributed by atoms with E-state index < -0.39 is 0 Å². The summed E-state index contributed by atoms with van der Waals surface area (Å²) in [5.41, 5.74) is 8.14. The summed E-state index contributed by atoms with van der Waals surface area (Å²) < 4.78 is 0. The maximum Gasteiger partial charge on any atom is 0.119 e. The SMILES string of the molecule is N=C1CC=C(O)c2cc(N)ccc21. The smallest absolute Gasteiger partial charge is 0.119 e. The highest BCUT2D eigenvalue weighted by molar-refractivity contribution is 6.05.